The molecule has 0 spiro atoms. The van der Waals surface area contributed by atoms with E-state index in [9.17, 15) is 14.4 Å². The molecule has 0 saturated carbocycles. The van der Waals surface area contributed by atoms with E-state index in [0.29, 0.717) is 12.2 Å². The molecule has 4 N–H and O–H groups in total. The molecule has 21 heavy (non-hydrogen) atoms. The van der Waals surface area contributed by atoms with Gasteiger partial charge in [0, 0.05) is 23.8 Å². The van der Waals surface area contributed by atoms with Gasteiger partial charge < -0.3 is 21.1 Å². The van der Waals surface area contributed by atoms with Gasteiger partial charge in [0.25, 0.3) is 0 Å². The number of nitrogens with zero attached hydrogens (tertiary/aromatic N) is 1. The Labute approximate surface area is 122 Å². The van der Waals surface area contributed by atoms with Crippen molar-refractivity contribution in [3.63, 3.8) is 0 Å². The molecule has 0 bridgehead atoms. The maximum atomic E-state index is 12.2. The maximum absolute atomic E-state index is 12.2. The first-order valence-electron chi connectivity index (χ1n) is 6.54. The molecule has 0 aromatic heterocycles. The Morgan fingerprint density at radius 3 is 2.57 bits per heavy atom. The molecule has 1 rings (SSSR count). The highest BCUT2D eigenvalue weighted by Crippen LogP contribution is 2.13. The van der Waals surface area contributed by atoms with Crippen molar-refractivity contribution in [2.45, 2.75) is 26.3 Å². The van der Waals surface area contributed by atoms with E-state index in [2.05, 4.69) is 5.32 Å². The topological polar surface area (TPSA) is 113 Å². The summed E-state index contributed by atoms with van der Waals surface area (Å²) >= 11 is 0. The number of nitrogens with one attached hydrogen (secondary N) is 1. The fourth-order valence-corrected chi connectivity index (χ4v) is 1.96. The molecule has 7 nitrogen and oxygen atoms in total. The van der Waals surface area contributed by atoms with Crippen LogP contribution >= 0.6 is 0 Å². The number of amides is 3. The number of carboxylic acids is 1. The highest BCUT2D eigenvalue weighted by molar-refractivity contribution is 5.96. The quantitative estimate of drug-likeness (QED) is 0.737. The summed E-state index contributed by atoms with van der Waals surface area (Å²) in [5.41, 5.74) is 5.89. The van der Waals surface area contributed by atoms with Crippen molar-refractivity contribution in [2.24, 2.45) is 5.73 Å². The van der Waals surface area contributed by atoms with Crippen LogP contribution in [0, 0.1) is 0 Å². The first kappa shape index (κ1) is 16.5. The number of anilines is 1. The third-order valence-corrected chi connectivity index (χ3v) is 3.00. The fraction of sp³-hybridized carbons (Fsp3) is 0.357. The van der Waals surface area contributed by atoms with Gasteiger partial charge in [-0.2, -0.15) is 0 Å². The second-order valence-electron chi connectivity index (χ2n) is 4.61. The van der Waals surface area contributed by atoms with Crippen molar-refractivity contribution >= 4 is 23.6 Å². The van der Waals surface area contributed by atoms with Crippen LogP contribution in [0.25, 0.3) is 0 Å². The number of carbonyl (C=O) groups excluding carboxylic acids is 2. The zero-order valence-corrected chi connectivity index (χ0v) is 12.0. The van der Waals surface area contributed by atoms with Gasteiger partial charge >= 0.3 is 12.0 Å². The number of rotatable bonds is 6. The smallest absolute Gasteiger partial charge is 0.322 e. The lowest BCUT2D eigenvalue weighted by Gasteiger charge is -2.27. The van der Waals surface area contributed by atoms with Crippen LogP contribution in [0.3, 0.4) is 0 Å². The summed E-state index contributed by atoms with van der Waals surface area (Å²) in [4.78, 5) is 35.4. The van der Waals surface area contributed by atoms with Gasteiger partial charge in [-0.1, -0.05) is 6.07 Å². The molecule has 0 fully saturated rings. The molecular formula is C14H19N3O4. The van der Waals surface area contributed by atoms with E-state index in [0.717, 1.165) is 0 Å². The van der Waals surface area contributed by atoms with Crippen molar-refractivity contribution in [2.75, 3.05) is 11.9 Å². The summed E-state index contributed by atoms with van der Waals surface area (Å²) in [6, 6.07) is 5.38. The molecule has 1 unspecified atom stereocenters. The predicted octanol–water partition coefficient (Wildman–Crippen LogP) is 1.50. The van der Waals surface area contributed by atoms with Crippen LogP contribution in [0.4, 0.5) is 10.5 Å². The summed E-state index contributed by atoms with van der Waals surface area (Å²) in [7, 11) is 0. The number of hydrogen-bond donors (Lipinski definition) is 3. The molecule has 0 saturated heterocycles. The number of primary amides is 1. The van der Waals surface area contributed by atoms with Crippen LogP contribution in [0.15, 0.2) is 24.3 Å². The zero-order chi connectivity index (χ0) is 16.0. The van der Waals surface area contributed by atoms with Gasteiger partial charge in [-0.15, -0.1) is 0 Å². The number of benzene rings is 1. The van der Waals surface area contributed by atoms with E-state index in [1.54, 1.807) is 32.0 Å². The average molecular weight is 293 g/mol. The highest BCUT2D eigenvalue weighted by atomic mass is 16.4. The van der Waals surface area contributed by atoms with Gasteiger partial charge in [-0.05, 0) is 32.0 Å². The Bertz CT molecular complexity index is 545. The largest absolute Gasteiger partial charge is 0.481 e. The summed E-state index contributed by atoms with van der Waals surface area (Å²) in [5, 5.41) is 11.4. The lowest BCUT2D eigenvalue weighted by molar-refractivity contribution is -0.137. The second-order valence-corrected chi connectivity index (χ2v) is 4.61. The zero-order valence-electron chi connectivity index (χ0n) is 12.0. The van der Waals surface area contributed by atoms with Crippen LogP contribution < -0.4 is 11.1 Å². The fourth-order valence-electron chi connectivity index (χ4n) is 1.96. The second kappa shape index (κ2) is 7.28. The number of urea groups is 1. The van der Waals surface area contributed by atoms with Gasteiger partial charge in [0.1, 0.15) is 0 Å². The molecule has 0 aliphatic rings. The van der Waals surface area contributed by atoms with E-state index in [1.165, 1.54) is 11.0 Å². The normalized spacial score (nSPS) is 11.5. The Kier molecular flexibility index (Phi) is 5.71. The van der Waals surface area contributed by atoms with Gasteiger partial charge in [0.15, 0.2) is 0 Å². The minimum atomic E-state index is -0.968. The summed E-state index contributed by atoms with van der Waals surface area (Å²) in [5.74, 6) is -1.55. The van der Waals surface area contributed by atoms with E-state index >= 15 is 0 Å². The van der Waals surface area contributed by atoms with Crippen LogP contribution in [-0.2, 0) is 4.79 Å². The van der Waals surface area contributed by atoms with Crippen molar-refractivity contribution in [1.29, 1.82) is 0 Å². The molecule has 0 heterocycles. The third kappa shape index (κ3) is 4.79. The monoisotopic (exact) mass is 293 g/mol. The van der Waals surface area contributed by atoms with Crippen molar-refractivity contribution in [3.05, 3.63) is 29.8 Å². The van der Waals surface area contributed by atoms with Crippen LogP contribution in [-0.4, -0.2) is 40.5 Å². The molecular weight excluding hydrogens is 274 g/mol. The van der Waals surface area contributed by atoms with Crippen LogP contribution in [0.5, 0.6) is 0 Å². The van der Waals surface area contributed by atoms with Gasteiger partial charge in [-0.3, -0.25) is 9.59 Å². The average Bonchev–Trinajstić information content (AvgIpc) is 2.38. The molecule has 1 atom stereocenters. The Balaban J connectivity index is 2.80. The number of carbonyl (C=O) groups is 3. The van der Waals surface area contributed by atoms with E-state index < -0.39 is 23.9 Å². The van der Waals surface area contributed by atoms with E-state index in [-0.39, 0.29) is 12.0 Å². The summed E-state index contributed by atoms with van der Waals surface area (Å²) in [6.45, 7) is 3.80. The molecule has 114 valence electrons. The van der Waals surface area contributed by atoms with Gasteiger partial charge in [0.2, 0.25) is 5.91 Å². The van der Waals surface area contributed by atoms with Crippen LogP contribution in [0.1, 0.15) is 30.6 Å². The molecule has 1 aromatic carbocycles. The Morgan fingerprint density at radius 2 is 2.05 bits per heavy atom. The number of aliphatic carboxylic acids is 1. The Morgan fingerprint density at radius 1 is 1.38 bits per heavy atom. The standard InChI is InChI=1S/C14H19N3O4/c1-3-17(9(2)7-12(18)19)14(21)16-11-6-4-5-10(8-11)13(15)20/h4-6,8-9H,3,7H2,1-2H3,(H2,15,20)(H,16,21)(H,18,19). The minimum absolute atomic E-state index is 0.136. The number of carboxylic acid groups (broad SMARTS) is 1. The first-order valence-corrected chi connectivity index (χ1v) is 6.54. The third-order valence-electron chi connectivity index (χ3n) is 3.00. The predicted molar refractivity (Wildman–Crippen MR) is 78.1 cm³/mol. The number of hydrogen-bond acceptors (Lipinski definition) is 3. The molecule has 0 aliphatic carbocycles. The number of nitrogens with two attached hydrogens (primary N) is 1. The lowest BCUT2D eigenvalue weighted by atomic mass is 10.2. The molecule has 0 aliphatic heterocycles. The van der Waals surface area contributed by atoms with Crippen molar-refractivity contribution in [1.82, 2.24) is 4.90 Å². The van der Waals surface area contributed by atoms with Crippen molar-refractivity contribution < 1.29 is 19.5 Å². The first-order chi connectivity index (χ1) is 9.85. The van der Waals surface area contributed by atoms with Gasteiger partial charge in [-0.25, -0.2) is 4.79 Å². The summed E-state index contributed by atoms with van der Waals surface area (Å²) < 4.78 is 0. The maximum Gasteiger partial charge on any atom is 0.322 e. The minimum Gasteiger partial charge on any atom is -0.481 e. The molecule has 0 radical (unpaired) electrons. The highest BCUT2D eigenvalue weighted by Gasteiger charge is 2.20. The SMILES string of the molecule is CCN(C(=O)Nc1cccc(C(N)=O)c1)C(C)CC(=O)O. The van der Waals surface area contributed by atoms with E-state index in [1.807, 2.05) is 0 Å². The van der Waals surface area contributed by atoms with E-state index in [4.69, 9.17) is 10.8 Å². The molecule has 1 aromatic rings. The molecule has 3 amide bonds. The van der Waals surface area contributed by atoms with Gasteiger partial charge in [0.05, 0.1) is 6.42 Å². The van der Waals surface area contributed by atoms with Crippen molar-refractivity contribution in [3.8, 4) is 0 Å². The summed E-state index contributed by atoms with van der Waals surface area (Å²) in [6.07, 6.45) is -0.136. The molecule has 7 heteroatoms. The lowest BCUT2D eigenvalue weighted by Crippen LogP contribution is -2.42. The Hall–Kier alpha value is -2.57. The van der Waals surface area contributed by atoms with Crippen LogP contribution in [0.2, 0.25) is 0 Å².